The zero-order valence-electron chi connectivity index (χ0n) is 14.9. The van der Waals surface area contributed by atoms with Crippen molar-refractivity contribution in [2.24, 2.45) is 0 Å². The topological polar surface area (TPSA) is 68.5 Å². The van der Waals surface area contributed by atoms with Gasteiger partial charge in [-0.3, -0.25) is 0 Å². The third-order valence-electron chi connectivity index (χ3n) is 4.01. The molecule has 1 amide bonds. The molecule has 1 aliphatic rings. The number of amides is 1. The Kier molecular flexibility index (Phi) is 4.88. The molecule has 0 atom stereocenters. The molecule has 132 valence electrons. The molecule has 2 heterocycles. The second-order valence-electron chi connectivity index (χ2n) is 7.06. The van der Waals surface area contributed by atoms with Crippen molar-refractivity contribution in [3.63, 3.8) is 0 Å². The second kappa shape index (κ2) is 7.09. The van der Waals surface area contributed by atoms with E-state index in [2.05, 4.69) is 10.2 Å². The maximum Gasteiger partial charge on any atom is 0.410 e. The van der Waals surface area contributed by atoms with Crippen molar-refractivity contribution in [1.82, 2.24) is 15.1 Å². The number of rotatable bonds is 2. The van der Waals surface area contributed by atoms with Crippen molar-refractivity contribution < 1.29 is 13.9 Å². The fourth-order valence-corrected chi connectivity index (χ4v) is 2.90. The van der Waals surface area contributed by atoms with Gasteiger partial charge in [0, 0.05) is 18.7 Å². The van der Waals surface area contributed by atoms with Crippen LogP contribution in [-0.4, -0.2) is 39.9 Å². The van der Waals surface area contributed by atoms with Crippen LogP contribution in [0.25, 0.3) is 5.57 Å². The molecule has 6 nitrogen and oxygen atoms in total. The van der Waals surface area contributed by atoms with Gasteiger partial charge in [0.15, 0.2) is 0 Å². The summed E-state index contributed by atoms with van der Waals surface area (Å²) in [6, 6.07) is 10.0. The van der Waals surface area contributed by atoms with E-state index < -0.39 is 5.60 Å². The highest BCUT2D eigenvalue weighted by molar-refractivity contribution is 5.78. The van der Waals surface area contributed by atoms with Crippen LogP contribution in [0.5, 0.6) is 0 Å². The molecule has 1 aromatic carbocycles. The number of carbonyl (C=O) groups is 1. The molecule has 1 aliphatic heterocycles. The third-order valence-corrected chi connectivity index (χ3v) is 4.01. The zero-order chi connectivity index (χ0) is 17.9. The van der Waals surface area contributed by atoms with Gasteiger partial charge >= 0.3 is 6.09 Å². The van der Waals surface area contributed by atoms with Gasteiger partial charge < -0.3 is 14.1 Å². The van der Waals surface area contributed by atoms with Crippen LogP contribution in [0.2, 0.25) is 0 Å². The number of aromatic nitrogens is 2. The summed E-state index contributed by atoms with van der Waals surface area (Å²) >= 11 is 0. The molecule has 6 heteroatoms. The molecule has 0 saturated carbocycles. The lowest BCUT2D eigenvalue weighted by atomic mass is 9.93. The lowest BCUT2D eigenvalue weighted by molar-refractivity contribution is 0.0236. The van der Waals surface area contributed by atoms with Crippen molar-refractivity contribution in [2.75, 3.05) is 13.1 Å². The number of piperidine rings is 1. The summed E-state index contributed by atoms with van der Waals surface area (Å²) in [5.74, 6) is 0.520. The minimum Gasteiger partial charge on any atom is -0.444 e. The molecule has 2 aromatic rings. The van der Waals surface area contributed by atoms with Gasteiger partial charge in [-0.2, -0.15) is 0 Å². The van der Waals surface area contributed by atoms with Crippen molar-refractivity contribution in [2.45, 2.75) is 39.2 Å². The number of hydrogen-bond acceptors (Lipinski definition) is 5. The average Bonchev–Trinajstić information content (AvgIpc) is 3.09. The minimum absolute atomic E-state index is 0.259. The Hall–Kier alpha value is -2.63. The predicted molar refractivity (Wildman–Crippen MR) is 93.8 cm³/mol. The fraction of sp³-hybridized carbons (Fsp3) is 0.421. The summed E-state index contributed by atoms with van der Waals surface area (Å²) in [7, 11) is 0. The Morgan fingerprint density at radius 2 is 1.84 bits per heavy atom. The van der Waals surface area contributed by atoms with Gasteiger partial charge in [-0.1, -0.05) is 35.9 Å². The van der Waals surface area contributed by atoms with Gasteiger partial charge in [0.1, 0.15) is 5.60 Å². The van der Waals surface area contributed by atoms with E-state index in [0.717, 1.165) is 24.0 Å². The second-order valence-corrected chi connectivity index (χ2v) is 7.06. The van der Waals surface area contributed by atoms with Crippen LogP contribution in [0.15, 0.2) is 46.7 Å². The number of hydrogen-bond donors (Lipinski definition) is 0. The molecular formula is C19H23N3O3. The Bertz CT molecular complexity index is 736. The quantitative estimate of drug-likeness (QED) is 0.828. The Morgan fingerprint density at radius 1 is 1.16 bits per heavy atom. The predicted octanol–water partition coefficient (Wildman–Crippen LogP) is 3.90. The highest BCUT2D eigenvalue weighted by atomic mass is 16.6. The van der Waals surface area contributed by atoms with Crippen LogP contribution < -0.4 is 0 Å². The van der Waals surface area contributed by atoms with E-state index in [1.165, 1.54) is 12.0 Å². The first-order valence-corrected chi connectivity index (χ1v) is 8.46. The summed E-state index contributed by atoms with van der Waals surface area (Å²) < 4.78 is 10.9. The maximum absolute atomic E-state index is 12.2. The van der Waals surface area contributed by atoms with Crippen LogP contribution in [0.3, 0.4) is 0 Å². The first-order valence-electron chi connectivity index (χ1n) is 8.46. The fourth-order valence-electron chi connectivity index (χ4n) is 2.90. The van der Waals surface area contributed by atoms with E-state index >= 15 is 0 Å². The highest BCUT2D eigenvalue weighted by Crippen LogP contribution is 2.31. The third kappa shape index (κ3) is 4.26. The number of nitrogens with zero attached hydrogens (tertiary/aromatic N) is 3. The van der Waals surface area contributed by atoms with Gasteiger partial charge in [-0.05, 0) is 39.2 Å². The standard InChI is InChI=1S/C19H23N3O3/c1-19(2,3)25-18(23)22-11-9-15(10-12-22)16(17-21-20-13-24-17)14-7-5-4-6-8-14/h4-8,13H,9-12H2,1-3H3. The zero-order valence-corrected chi connectivity index (χ0v) is 14.9. The number of ether oxygens (including phenoxy) is 1. The van der Waals surface area contributed by atoms with E-state index in [1.807, 2.05) is 51.1 Å². The molecule has 1 aromatic heterocycles. The van der Waals surface area contributed by atoms with Crippen molar-refractivity contribution >= 4 is 11.7 Å². The molecule has 1 saturated heterocycles. The largest absolute Gasteiger partial charge is 0.444 e. The molecular weight excluding hydrogens is 318 g/mol. The Labute approximate surface area is 147 Å². The van der Waals surface area contributed by atoms with Crippen molar-refractivity contribution in [1.29, 1.82) is 0 Å². The molecule has 0 bridgehead atoms. The van der Waals surface area contributed by atoms with Gasteiger partial charge in [-0.25, -0.2) is 4.79 Å². The highest BCUT2D eigenvalue weighted by Gasteiger charge is 2.27. The smallest absolute Gasteiger partial charge is 0.410 e. The van der Waals surface area contributed by atoms with Crippen molar-refractivity contribution in [3.05, 3.63) is 53.8 Å². The van der Waals surface area contributed by atoms with Crippen LogP contribution in [-0.2, 0) is 4.74 Å². The van der Waals surface area contributed by atoms with Crippen LogP contribution in [0, 0.1) is 0 Å². The molecule has 3 rings (SSSR count). The summed E-state index contributed by atoms with van der Waals surface area (Å²) in [6.07, 6.45) is 2.59. The average molecular weight is 341 g/mol. The lowest BCUT2D eigenvalue weighted by Gasteiger charge is -2.31. The lowest BCUT2D eigenvalue weighted by Crippen LogP contribution is -2.40. The number of benzene rings is 1. The van der Waals surface area contributed by atoms with Gasteiger partial charge in [0.2, 0.25) is 12.3 Å². The molecule has 0 N–H and O–H groups in total. The molecule has 0 aliphatic carbocycles. The number of likely N-dealkylation sites (tertiary alicyclic amines) is 1. The Balaban J connectivity index is 1.81. The van der Waals surface area contributed by atoms with Crippen molar-refractivity contribution in [3.8, 4) is 0 Å². The molecule has 25 heavy (non-hydrogen) atoms. The first-order chi connectivity index (χ1) is 11.9. The van der Waals surface area contributed by atoms with E-state index in [4.69, 9.17) is 9.15 Å². The number of carbonyl (C=O) groups excluding carboxylic acids is 1. The Morgan fingerprint density at radius 3 is 2.40 bits per heavy atom. The first kappa shape index (κ1) is 17.2. The van der Waals surface area contributed by atoms with Gasteiger partial charge in [-0.15, -0.1) is 10.2 Å². The van der Waals surface area contributed by atoms with Gasteiger partial charge in [0.05, 0.1) is 0 Å². The minimum atomic E-state index is -0.480. The van der Waals surface area contributed by atoms with Gasteiger partial charge in [0.25, 0.3) is 0 Å². The van der Waals surface area contributed by atoms with E-state index in [9.17, 15) is 4.79 Å². The van der Waals surface area contributed by atoms with E-state index in [1.54, 1.807) is 4.90 Å². The normalized spacial score (nSPS) is 15.2. The summed E-state index contributed by atoms with van der Waals surface area (Å²) in [4.78, 5) is 14.0. The summed E-state index contributed by atoms with van der Waals surface area (Å²) in [5.41, 5.74) is 2.76. The molecule has 1 fully saturated rings. The molecule has 0 unspecified atom stereocenters. The SMILES string of the molecule is CC(C)(C)OC(=O)N1CCC(=C(c2ccccc2)c2nnco2)CC1. The summed E-state index contributed by atoms with van der Waals surface area (Å²) in [6.45, 7) is 6.87. The maximum atomic E-state index is 12.2. The van der Waals surface area contributed by atoms with Crippen LogP contribution >= 0.6 is 0 Å². The van der Waals surface area contributed by atoms with E-state index in [0.29, 0.717) is 19.0 Å². The van der Waals surface area contributed by atoms with Crippen LogP contribution in [0.1, 0.15) is 45.1 Å². The van der Waals surface area contributed by atoms with E-state index in [-0.39, 0.29) is 6.09 Å². The molecule has 0 spiro atoms. The van der Waals surface area contributed by atoms with Crippen LogP contribution in [0.4, 0.5) is 4.79 Å². The summed E-state index contributed by atoms with van der Waals surface area (Å²) in [5, 5.41) is 7.90. The molecule has 0 radical (unpaired) electrons. The monoisotopic (exact) mass is 341 g/mol.